The minimum absolute atomic E-state index is 0.118. The standard InChI is InChI=1S/C13H7ClF3N7S2/c14-7-3-1-6(2-4-7)8-5-23-10(19-8)25-12(22-23)26-11-21-20-9(24(11)18)13(15,16)17/h1-5H,18H2. The van der Waals surface area contributed by atoms with Crippen LogP contribution in [0.15, 0.2) is 40.0 Å². The van der Waals surface area contributed by atoms with Crippen LogP contribution in [0.25, 0.3) is 16.2 Å². The molecule has 0 fully saturated rings. The van der Waals surface area contributed by atoms with Crippen molar-refractivity contribution in [2.24, 2.45) is 0 Å². The molecule has 3 heterocycles. The summed E-state index contributed by atoms with van der Waals surface area (Å²) >= 11 is 7.94. The maximum Gasteiger partial charge on any atom is 0.453 e. The van der Waals surface area contributed by atoms with Crippen molar-refractivity contribution in [3.05, 3.63) is 41.3 Å². The van der Waals surface area contributed by atoms with Gasteiger partial charge in [0, 0.05) is 10.6 Å². The smallest absolute Gasteiger partial charge is 0.335 e. The van der Waals surface area contributed by atoms with E-state index < -0.39 is 12.0 Å². The molecule has 26 heavy (non-hydrogen) atoms. The van der Waals surface area contributed by atoms with E-state index in [1.807, 2.05) is 12.1 Å². The summed E-state index contributed by atoms with van der Waals surface area (Å²) < 4.78 is 40.5. The second-order valence-electron chi connectivity index (χ2n) is 5.00. The number of halogens is 4. The largest absolute Gasteiger partial charge is 0.453 e. The minimum Gasteiger partial charge on any atom is -0.335 e. The van der Waals surface area contributed by atoms with Crippen molar-refractivity contribution in [2.45, 2.75) is 15.7 Å². The van der Waals surface area contributed by atoms with E-state index in [1.165, 1.54) is 11.3 Å². The lowest BCUT2D eigenvalue weighted by atomic mass is 10.2. The Morgan fingerprint density at radius 1 is 1.15 bits per heavy atom. The molecule has 0 saturated heterocycles. The van der Waals surface area contributed by atoms with Crippen LogP contribution < -0.4 is 5.84 Å². The van der Waals surface area contributed by atoms with Gasteiger partial charge in [-0.05, 0) is 23.9 Å². The number of nitrogens with two attached hydrogens (primary N) is 1. The number of imidazole rings is 1. The third-order valence-corrected chi connectivity index (χ3v) is 5.45. The molecule has 3 aromatic heterocycles. The summed E-state index contributed by atoms with van der Waals surface area (Å²) in [5, 5.41) is 11.3. The fourth-order valence-corrected chi connectivity index (χ4v) is 4.01. The fourth-order valence-electron chi connectivity index (χ4n) is 2.10. The summed E-state index contributed by atoms with van der Waals surface area (Å²) in [6.07, 6.45) is -2.96. The summed E-state index contributed by atoms with van der Waals surface area (Å²) in [4.78, 5) is 5.03. The molecule has 0 aliphatic rings. The topological polar surface area (TPSA) is 86.9 Å². The SMILES string of the molecule is Nn1c(Sc2nn3cc(-c4ccc(Cl)cc4)nc3s2)nnc1C(F)(F)F. The fraction of sp³-hybridized carbons (Fsp3) is 0.0769. The van der Waals surface area contributed by atoms with Gasteiger partial charge in [-0.15, -0.1) is 15.3 Å². The van der Waals surface area contributed by atoms with Gasteiger partial charge in [0.2, 0.25) is 10.1 Å². The Balaban J connectivity index is 1.60. The van der Waals surface area contributed by atoms with E-state index in [0.29, 0.717) is 24.7 Å². The van der Waals surface area contributed by atoms with Crippen LogP contribution in [0, 0.1) is 0 Å². The highest BCUT2D eigenvalue weighted by Crippen LogP contribution is 2.34. The Kier molecular flexibility index (Phi) is 4.04. The van der Waals surface area contributed by atoms with Crippen molar-refractivity contribution < 1.29 is 13.2 Å². The Hall–Kier alpha value is -2.31. The van der Waals surface area contributed by atoms with Crippen LogP contribution in [0.1, 0.15) is 5.82 Å². The van der Waals surface area contributed by atoms with Crippen LogP contribution >= 0.6 is 34.7 Å². The molecular weight excluding hydrogens is 411 g/mol. The number of alkyl halides is 3. The second-order valence-corrected chi connectivity index (χ2v) is 7.61. The average molecular weight is 418 g/mol. The van der Waals surface area contributed by atoms with E-state index in [-0.39, 0.29) is 5.16 Å². The quantitative estimate of drug-likeness (QED) is 0.513. The Morgan fingerprint density at radius 2 is 1.88 bits per heavy atom. The first kappa shape index (κ1) is 17.1. The van der Waals surface area contributed by atoms with E-state index in [1.54, 1.807) is 22.8 Å². The van der Waals surface area contributed by atoms with Crippen molar-refractivity contribution in [1.82, 2.24) is 29.5 Å². The van der Waals surface area contributed by atoms with Crippen LogP contribution in [-0.4, -0.2) is 29.5 Å². The van der Waals surface area contributed by atoms with Crippen molar-refractivity contribution in [2.75, 3.05) is 5.84 Å². The van der Waals surface area contributed by atoms with Crippen LogP contribution in [0.2, 0.25) is 5.02 Å². The monoisotopic (exact) mass is 417 g/mol. The highest BCUT2D eigenvalue weighted by molar-refractivity contribution is 8.01. The first-order valence-corrected chi connectivity index (χ1v) is 8.90. The van der Waals surface area contributed by atoms with Crippen LogP contribution in [0.3, 0.4) is 0 Å². The van der Waals surface area contributed by atoms with Crippen LogP contribution in [-0.2, 0) is 6.18 Å². The normalized spacial score (nSPS) is 12.2. The number of rotatable bonds is 3. The number of fused-ring (bicyclic) bond motifs is 1. The predicted octanol–water partition coefficient (Wildman–Crippen LogP) is 3.59. The van der Waals surface area contributed by atoms with Gasteiger partial charge in [0.25, 0.3) is 5.82 Å². The van der Waals surface area contributed by atoms with Crippen molar-refractivity contribution in [3.8, 4) is 11.3 Å². The summed E-state index contributed by atoms with van der Waals surface area (Å²) in [6, 6.07) is 7.18. The van der Waals surface area contributed by atoms with Crippen LogP contribution in [0.4, 0.5) is 13.2 Å². The molecule has 0 saturated carbocycles. The molecule has 0 spiro atoms. The van der Waals surface area contributed by atoms with Gasteiger partial charge < -0.3 is 5.84 Å². The van der Waals surface area contributed by atoms with E-state index in [2.05, 4.69) is 20.3 Å². The van der Waals surface area contributed by atoms with Gasteiger partial charge in [-0.2, -0.15) is 13.2 Å². The highest BCUT2D eigenvalue weighted by atomic mass is 35.5. The zero-order chi connectivity index (χ0) is 18.5. The molecule has 13 heteroatoms. The summed E-state index contributed by atoms with van der Waals surface area (Å²) in [6.45, 7) is 0. The van der Waals surface area contributed by atoms with E-state index >= 15 is 0 Å². The van der Waals surface area contributed by atoms with Gasteiger partial charge in [-0.3, -0.25) is 0 Å². The summed E-state index contributed by atoms with van der Waals surface area (Å²) in [7, 11) is 0. The zero-order valence-electron chi connectivity index (χ0n) is 12.5. The van der Waals surface area contributed by atoms with Gasteiger partial charge in [0.1, 0.15) is 0 Å². The molecule has 0 atom stereocenters. The van der Waals surface area contributed by atoms with Crippen LogP contribution in [0.5, 0.6) is 0 Å². The second kappa shape index (κ2) is 6.14. The van der Waals surface area contributed by atoms with Gasteiger partial charge in [0.15, 0.2) is 4.34 Å². The average Bonchev–Trinajstić information content (AvgIpc) is 3.21. The third kappa shape index (κ3) is 3.10. The number of benzene rings is 1. The predicted molar refractivity (Wildman–Crippen MR) is 90.6 cm³/mol. The number of hydrogen-bond donors (Lipinski definition) is 1. The summed E-state index contributed by atoms with van der Waals surface area (Å²) in [5.74, 6) is 4.14. The third-order valence-electron chi connectivity index (χ3n) is 3.26. The lowest BCUT2D eigenvalue weighted by Crippen LogP contribution is -2.21. The van der Waals surface area contributed by atoms with E-state index in [4.69, 9.17) is 17.4 Å². The first-order valence-electron chi connectivity index (χ1n) is 6.89. The molecule has 4 rings (SSSR count). The van der Waals surface area contributed by atoms with Gasteiger partial charge in [-0.25, -0.2) is 14.2 Å². The van der Waals surface area contributed by atoms with Gasteiger partial charge in [0.05, 0.1) is 11.9 Å². The molecule has 0 radical (unpaired) electrons. The van der Waals surface area contributed by atoms with Crippen molar-refractivity contribution >= 4 is 39.7 Å². The Morgan fingerprint density at radius 3 is 2.50 bits per heavy atom. The Labute approximate surface area is 156 Å². The minimum atomic E-state index is -4.68. The zero-order valence-corrected chi connectivity index (χ0v) is 14.9. The molecule has 0 aliphatic carbocycles. The van der Waals surface area contributed by atoms with E-state index in [0.717, 1.165) is 17.3 Å². The molecule has 0 bridgehead atoms. The molecule has 134 valence electrons. The molecular formula is C13H7ClF3N7S2. The number of aromatic nitrogens is 6. The number of hydrogen-bond acceptors (Lipinski definition) is 7. The Bertz CT molecular complexity index is 1050. The molecule has 1 aromatic carbocycles. The molecule has 2 N–H and O–H groups in total. The molecule has 0 amide bonds. The molecule has 7 nitrogen and oxygen atoms in total. The van der Waals surface area contributed by atoms with Gasteiger partial charge >= 0.3 is 6.18 Å². The maximum absolute atomic E-state index is 12.7. The lowest BCUT2D eigenvalue weighted by molar-refractivity contribution is -0.146. The van der Waals surface area contributed by atoms with Crippen molar-refractivity contribution in [1.29, 1.82) is 0 Å². The van der Waals surface area contributed by atoms with E-state index in [9.17, 15) is 13.2 Å². The molecule has 4 aromatic rings. The molecule has 0 aliphatic heterocycles. The first-order chi connectivity index (χ1) is 12.3. The molecule has 0 unspecified atom stereocenters. The maximum atomic E-state index is 12.7. The number of nitrogens with zero attached hydrogens (tertiary/aromatic N) is 6. The highest BCUT2D eigenvalue weighted by Gasteiger charge is 2.38. The number of nitrogen functional groups attached to an aromatic ring is 1. The lowest BCUT2D eigenvalue weighted by Gasteiger charge is -2.04. The van der Waals surface area contributed by atoms with Crippen molar-refractivity contribution in [3.63, 3.8) is 0 Å². The summed E-state index contributed by atoms with van der Waals surface area (Å²) in [5.41, 5.74) is 1.58. The van der Waals surface area contributed by atoms with Gasteiger partial charge in [-0.1, -0.05) is 35.1 Å².